The highest BCUT2D eigenvalue weighted by Gasteiger charge is 2.42. The molecule has 1 aromatic heterocycles. The average molecular weight is 490 g/mol. The summed E-state index contributed by atoms with van der Waals surface area (Å²) in [4.78, 5) is 6.75. The molecular formula is C25H26Cl2FN3O2. The number of rotatable bonds is 5. The molecule has 174 valence electrons. The first-order valence-corrected chi connectivity index (χ1v) is 12.0. The van der Waals surface area contributed by atoms with E-state index < -0.39 is 11.9 Å². The zero-order chi connectivity index (χ0) is 23.3. The van der Waals surface area contributed by atoms with Crippen molar-refractivity contribution in [3.8, 4) is 11.4 Å². The highest BCUT2D eigenvalue weighted by molar-refractivity contribution is 6.35. The van der Waals surface area contributed by atoms with Crippen LogP contribution >= 0.6 is 23.2 Å². The Morgan fingerprint density at radius 2 is 2.06 bits per heavy atom. The van der Waals surface area contributed by atoms with Crippen LogP contribution in [0.2, 0.25) is 10.0 Å². The summed E-state index contributed by atoms with van der Waals surface area (Å²) in [6, 6.07) is 8.39. The molecule has 0 spiro atoms. The second-order valence-electron chi connectivity index (χ2n) is 8.84. The first kappa shape index (κ1) is 22.7. The van der Waals surface area contributed by atoms with Gasteiger partial charge in [0.15, 0.2) is 11.6 Å². The summed E-state index contributed by atoms with van der Waals surface area (Å²) in [5.74, 6) is 0.633. The van der Waals surface area contributed by atoms with Crippen LogP contribution in [0.1, 0.15) is 42.1 Å². The normalized spacial score (nSPS) is 22.7. The fourth-order valence-corrected chi connectivity index (χ4v) is 5.62. The Labute approximate surface area is 202 Å². The van der Waals surface area contributed by atoms with Gasteiger partial charge in [-0.1, -0.05) is 30.1 Å². The molecule has 0 saturated carbocycles. The molecule has 1 saturated heterocycles. The Balaban J connectivity index is 1.54. The second-order valence-corrected chi connectivity index (χ2v) is 9.68. The Morgan fingerprint density at radius 1 is 1.24 bits per heavy atom. The molecular weight excluding hydrogens is 464 g/mol. The van der Waals surface area contributed by atoms with E-state index in [1.807, 2.05) is 30.7 Å². The summed E-state index contributed by atoms with van der Waals surface area (Å²) >= 11 is 12.8. The van der Waals surface area contributed by atoms with Gasteiger partial charge in [-0.25, -0.2) is 9.37 Å². The monoisotopic (exact) mass is 489 g/mol. The summed E-state index contributed by atoms with van der Waals surface area (Å²) in [5, 5.41) is 11.2. The van der Waals surface area contributed by atoms with E-state index in [2.05, 4.69) is 9.88 Å². The highest BCUT2D eigenvalue weighted by atomic mass is 35.5. The number of aromatic nitrogens is 2. The maximum atomic E-state index is 15.0. The van der Waals surface area contributed by atoms with Crippen molar-refractivity contribution in [2.24, 2.45) is 0 Å². The summed E-state index contributed by atoms with van der Waals surface area (Å²) in [7, 11) is 0. The molecule has 3 aromatic rings. The van der Waals surface area contributed by atoms with Gasteiger partial charge in [-0.2, -0.15) is 0 Å². The van der Waals surface area contributed by atoms with Gasteiger partial charge < -0.3 is 14.4 Å². The SMILES string of the molecule is CCc1nc(C)cn1-c1ccc(F)c(O[C@@H]2c3cc(Cl)cc(Cl)c3C[C@@H]2N2CC[C@@H](O)C2)c1. The van der Waals surface area contributed by atoms with E-state index in [-0.39, 0.29) is 17.9 Å². The van der Waals surface area contributed by atoms with Crippen LogP contribution < -0.4 is 4.74 Å². The lowest BCUT2D eigenvalue weighted by Gasteiger charge is -2.30. The van der Waals surface area contributed by atoms with Crippen LogP contribution in [0.4, 0.5) is 4.39 Å². The van der Waals surface area contributed by atoms with E-state index in [1.165, 1.54) is 6.07 Å². The molecule has 0 amide bonds. The van der Waals surface area contributed by atoms with E-state index in [0.29, 0.717) is 29.4 Å². The molecule has 2 aromatic carbocycles. The fraction of sp³-hybridized carbons (Fsp3) is 0.400. The van der Waals surface area contributed by atoms with Gasteiger partial charge in [0.05, 0.1) is 23.5 Å². The number of benzene rings is 2. The molecule has 1 aliphatic carbocycles. The predicted octanol–water partition coefficient (Wildman–Crippen LogP) is 5.30. The molecule has 0 unspecified atom stereocenters. The van der Waals surface area contributed by atoms with Crippen LogP contribution in [0.5, 0.6) is 5.75 Å². The van der Waals surface area contributed by atoms with Crippen LogP contribution in [0.3, 0.4) is 0 Å². The molecule has 33 heavy (non-hydrogen) atoms. The lowest BCUT2D eigenvalue weighted by atomic mass is 10.1. The number of β-amino-alcohol motifs (C(OH)–C–C–N with tert-alkyl or cyclic N) is 1. The first-order valence-electron chi connectivity index (χ1n) is 11.3. The van der Waals surface area contributed by atoms with E-state index in [0.717, 1.165) is 41.3 Å². The lowest BCUT2D eigenvalue weighted by Crippen LogP contribution is -2.39. The maximum absolute atomic E-state index is 15.0. The third-order valence-electron chi connectivity index (χ3n) is 6.59. The number of likely N-dealkylation sites (tertiary alicyclic amines) is 1. The quantitative estimate of drug-likeness (QED) is 0.528. The van der Waals surface area contributed by atoms with Crippen LogP contribution in [0, 0.1) is 12.7 Å². The van der Waals surface area contributed by atoms with Gasteiger partial charge >= 0.3 is 0 Å². The zero-order valence-corrected chi connectivity index (χ0v) is 20.1. The molecule has 2 heterocycles. The number of ether oxygens (including phenoxy) is 1. The summed E-state index contributed by atoms with van der Waals surface area (Å²) < 4.78 is 23.3. The van der Waals surface area contributed by atoms with Crippen molar-refractivity contribution in [3.05, 3.63) is 75.0 Å². The number of halogens is 3. The summed E-state index contributed by atoms with van der Waals surface area (Å²) in [6.07, 6.45) is 3.23. The molecule has 1 N–H and O–H groups in total. The van der Waals surface area contributed by atoms with Gasteiger partial charge in [-0.05, 0) is 49.6 Å². The van der Waals surface area contributed by atoms with Crippen LogP contribution in [0.25, 0.3) is 5.69 Å². The third-order valence-corrected chi connectivity index (χ3v) is 7.15. The number of aryl methyl sites for hydroxylation is 2. The van der Waals surface area contributed by atoms with Gasteiger partial charge in [0.25, 0.3) is 0 Å². The highest BCUT2D eigenvalue weighted by Crippen LogP contribution is 2.44. The van der Waals surface area contributed by atoms with E-state index in [4.69, 9.17) is 27.9 Å². The van der Waals surface area contributed by atoms with Crippen LogP contribution in [-0.2, 0) is 12.8 Å². The van der Waals surface area contributed by atoms with E-state index in [1.54, 1.807) is 18.2 Å². The third kappa shape index (κ3) is 4.26. The molecule has 0 bridgehead atoms. The topological polar surface area (TPSA) is 50.5 Å². The molecule has 8 heteroatoms. The van der Waals surface area contributed by atoms with Crippen molar-refractivity contribution in [3.63, 3.8) is 0 Å². The lowest BCUT2D eigenvalue weighted by molar-refractivity contribution is 0.0790. The minimum absolute atomic E-state index is 0.0714. The standard InChI is InChI=1S/C25H26Cl2FN3O2/c1-3-24-29-14(2)12-31(24)16-4-5-21(28)23(10-16)33-25-19-8-15(26)9-20(27)18(19)11-22(25)30-7-6-17(32)13-30/h4-5,8-10,12,17,22,25,32H,3,6-7,11,13H2,1-2H3/t17-,22+,25-/m1/s1. The molecule has 1 aliphatic heterocycles. The number of nitrogens with zero attached hydrogens (tertiary/aromatic N) is 3. The second kappa shape index (κ2) is 8.91. The van der Waals surface area contributed by atoms with Crippen molar-refractivity contribution in [2.75, 3.05) is 13.1 Å². The molecule has 5 nitrogen and oxygen atoms in total. The number of hydrogen-bond acceptors (Lipinski definition) is 4. The molecule has 1 fully saturated rings. The Hall–Kier alpha value is -2.12. The molecule has 2 aliphatic rings. The van der Waals surface area contributed by atoms with Gasteiger partial charge in [0, 0.05) is 47.4 Å². The van der Waals surface area contributed by atoms with Gasteiger partial charge in [-0.3, -0.25) is 4.90 Å². The van der Waals surface area contributed by atoms with Gasteiger partial charge in [0.2, 0.25) is 0 Å². The van der Waals surface area contributed by atoms with Crippen LogP contribution in [0.15, 0.2) is 36.5 Å². The van der Waals surface area contributed by atoms with Crippen molar-refractivity contribution < 1.29 is 14.2 Å². The van der Waals surface area contributed by atoms with Crippen molar-refractivity contribution in [1.82, 2.24) is 14.5 Å². The van der Waals surface area contributed by atoms with Gasteiger partial charge in [0.1, 0.15) is 11.9 Å². The average Bonchev–Trinajstić information content (AvgIpc) is 3.47. The molecule has 0 radical (unpaired) electrons. The van der Waals surface area contributed by atoms with Gasteiger partial charge in [-0.15, -0.1) is 0 Å². The number of fused-ring (bicyclic) bond motifs is 1. The minimum atomic E-state index is -0.457. The number of imidazole rings is 1. The van der Waals surface area contributed by atoms with Crippen molar-refractivity contribution in [1.29, 1.82) is 0 Å². The Kier molecular flexibility index (Phi) is 6.12. The number of aliphatic hydroxyl groups excluding tert-OH is 1. The number of aliphatic hydroxyl groups is 1. The Bertz CT molecular complexity index is 1200. The molecule has 3 atom stereocenters. The largest absolute Gasteiger partial charge is 0.481 e. The summed E-state index contributed by atoms with van der Waals surface area (Å²) in [6.45, 7) is 5.29. The van der Waals surface area contributed by atoms with Crippen molar-refractivity contribution >= 4 is 23.2 Å². The predicted molar refractivity (Wildman–Crippen MR) is 127 cm³/mol. The smallest absolute Gasteiger partial charge is 0.165 e. The summed E-state index contributed by atoms with van der Waals surface area (Å²) in [5.41, 5.74) is 3.53. The molecule has 5 rings (SSSR count). The number of hydrogen-bond donors (Lipinski definition) is 1. The Morgan fingerprint density at radius 3 is 2.79 bits per heavy atom. The first-order chi connectivity index (χ1) is 15.8. The van der Waals surface area contributed by atoms with Crippen LogP contribution in [-0.4, -0.2) is 44.8 Å². The van der Waals surface area contributed by atoms with E-state index >= 15 is 0 Å². The van der Waals surface area contributed by atoms with Crippen molar-refractivity contribution in [2.45, 2.75) is 51.4 Å². The van der Waals surface area contributed by atoms with E-state index in [9.17, 15) is 9.50 Å². The minimum Gasteiger partial charge on any atom is -0.481 e. The fourth-order valence-electron chi connectivity index (χ4n) is 5.04. The maximum Gasteiger partial charge on any atom is 0.165 e. The zero-order valence-electron chi connectivity index (χ0n) is 18.6.